The molecule has 4 heteroatoms. The molecule has 96 valence electrons. The summed E-state index contributed by atoms with van der Waals surface area (Å²) < 4.78 is 13.8. The summed E-state index contributed by atoms with van der Waals surface area (Å²) in [5.74, 6) is 0.885. The summed E-state index contributed by atoms with van der Waals surface area (Å²) in [6.45, 7) is 0. The zero-order chi connectivity index (χ0) is 12.7. The molecule has 0 aromatic heterocycles. The van der Waals surface area contributed by atoms with Crippen LogP contribution >= 0.6 is 15.9 Å². The highest BCUT2D eigenvalue weighted by molar-refractivity contribution is 9.10. The molecule has 2 saturated carbocycles. The molecule has 18 heavy (non-hydrogen) atoms. The van der Waals surface area contributed by atoms with E-state index in [0.29, 0.717) is 22.0 Å². The van der Waals surface area contributed by atoms with E-state index in [1.165, 1.54) is 25.3 Å². The number of fused-ring (bicyclic) bond motifs is 2. The van der Waals surface area contributed by atoms with Gasteiger partial charge in [-0.1, -0.05) is 6.42 Å². The Hall–Kier alpha value is -0.900. The maximum absolute atomic E-state index is 13.4. The molecule has 1 aromatic carbocycles. The van der Waals surface area contributed by atoms with E-state index in [0.717, 1.165) is 12.3 Å². The van der Waals surface area contributed by atoms with Crippen molar-refractivity contribution in [2.75, 3.05) is 0 Å². The Morgan fingerprint density at radius 1 is 1.33 bits per heavy atom. The summed E-state index contributed by atoms with van der Waals surface area (Å²) in [7, 11) is 0. The van der Waals surface area contributed by atoms with Gasteiger partial charge in [0.15, 0.2) is 0 Å². The third-order valence-corrected chi connectivity index (χ3v) is 4.88. The van der Waals surface area contributed by atoms with E-state index in [2.05, 4.69) is 21.2 Å². The zero-order valence-electron chi connectivity index (χ0n) is 9.96. The summed E-state index contributed by atoms with van der Waals surface area (Å²) in [5, 5.41) is 3.05. The lowest BCUT2D eigenvalue weighted by molar-refractivity contribution is 0.0922. The molecular weight excluding hydrogens is 297 g/mol. The molecule has 0 heterocycles. The fourth-order valence-electron chi connectivity index (χ4n) is 3.31. The number of carbonyl (C=O) groups is 1. The lowest BCUT2D eigenvalue weighted by atomic mass is 9.95. The quantitative estimate of drug-likeness (QED) is 0.889. The van der Waals surface area contributed by atoms with Crippen LogP contribution in [-0.2, 0) is 0 Å². The lowest BCUT2D eigenvalue weighted by Crippen LogP contribution is -2.38. The molecule has 3 atom stereocenters. The molecule has 1 amide bonds. The molecule has 0 aliphatic heterocycles. The fourth-order valence-corrected chi connectivity index (χ4v) is 3.56. The van der Waals surface area contributed by atoms with Crippen molar-refractivity contribution in [3.05, 3.63) is 34.1 Å². The lowest BCUT2D eigenvalue weighted by Gasteiger charge is -2.22. The van der Waals surface area contributed by atoms with Crippen LogP contribution in [0.25, 0.3) is 0 Å². The monoisotopic (exact) mass is 311 g/mol. The summed E-state index contributed by atoms with van der Waals surface area (Å²) in [4.78, 5) is 12.0. The molecule has 1 N–H and O–H groups in total. The third-order valence-electron chi connectivity index (χ3n) is 4.24. The first-order chi connectivity index (χ1) is 8.63. The second-order valence-electron chi connectivity index (χ2n) is 5.38. The van der Waals surface area contributed by atoms with Crippen molar-refractivity contribution < 1.29 is 9.18 Å². The van der Waals surface area contributed by atoms with Crippen molar-refractivity contribution >= 4 is 21.8 Å². The van der Waals surface area contributed by atoms with Crippen LogP contribution in [0.2, 0.25) is 0 Å². The SMILES string of the molecule is O=C(NC1CC2CCC1C2)c1ccc(Br)c(F)c1. The van der Waals surface area contributed by atoms with E-state index < -0.39 is 5.82 Å². The van der Waals surface area contributed by atoms with Crippen LogP contribution < -0.4 is 5.32 Å². The van der Waals surface area contributed by atoms with E-state index >= 15 is 0 Å². The predicted molar refractivity (Wildman–Crippen MR) is 70.8 cm³/mol. The molecule has 1 aromatic rings. The number of rotatable bonds is 2. The molecule has 2 fully saturated rings. The first kappa shape index (κ1) is 12.2. The molecule has 3 unspecified atom stereocenters. The van der Waals surface area contributed by atoms with Crippen molar-refractivity contribution in [3.63, 3.8) is 0 Å². The third kappa shape index (κ3) is 2.18. The molecule has 2 aliphatic carbocycles. The van der Waals surface area contributed by atoms with Crippen molar-refractivity contribution in [1.82, 2.24) is 5.32 Å². The number of carbonyl (C=O) groups excluding carboxylic acids is 1. The molecule has 2 bridgehead atoms. The van der Waals surface area contributed by atoms with Gasteiger partial charge in [-0.15, -0.1) is 0 Å². The van der Waals surface area contributed by atoms with Crippen LogP contribution in [0, 0.1) is 17.7 Å². The summed E-state index contributed by atoms with van der Waals surface area (Å²) >= 11 is 3.09. The number of halogens is 2. The van der Waals surface area contributed by atoms with Crippen molar-refractivity contribution in [3.8, 4) is 0 Å². The maximum atomic E-state index is 13.4. The van der Waals surface area contributed by atoms with Gasteiger partial charge in [-0.05, 0) is 65.2 Å². The van der Waals surface area contributed by atoms with Crippen LogP contribution in [0.15, 0.2) is 22.7 Å². The Morgan fingerprint density at radius 3 is 2.78 bits per heavy atom. The van der Waals surface area contributed by atoms with Gasteiger partial charge in [-0.25, -0.2) is 4.39 Å². The molecule has 2 nitrogen and oxygen atoms in total. The second-order valence-corrected chi connectivity index (χ2v) is 6.24. The van der Waals surface area contributed by atoms with Crippen LogP contribution in [0.1, 0.15) is 36.0 Å². The molecule has 0 saturated heterocycles. The van der Waals surface area contributed by atoms with Gasteiger partial charge in [-0.2, -0.15) is 0 Å². The number of nitrogens with one attached hydrogen (secondary N) is 1. The number of hydrogen-bond acceptors (Lipinski definition) is 1. The molecule has 0 radical (unpaired) electrons. The predicted octanol–water partition coefficient (Wildman–Crippen LogP) is 3.51. The van der Waals surface area contributed by atoms with E-state index in [9.17, 15) is 9.18 Å². The van der Waals surface area contributed by atoms with E-state index in [1.54, 1.807) is 12.1 Å². The minimum Gasteiger partial charge on any atom is -0.349 e. The smallest absolute Gasteiger partial charge is 0.251 e. The van der Waals surface area contributed by atoms with E-state index in [1.807, 2.05) is 0 Å². The van der Waals surface area contributed by atoms with Gasteiger partial charge in [0.1, 0.15) is 5.82 Å². The Bertz CT molecular complexity index is 491. The first-order valence-electron chi connectivity index (χ1n) is 6.39. The number of hydrogen-bond donors (Lipinski definition) is 1. The van der Waals surface area contributed by atoms with Gasteiger partial charge in [-0.3, -0.25) is 4.79 Å². The minimum absolute atomic E-state index is 0.154. The highest BCUT2D eigenvalue weighted by Crippen LogP contribution is 2.44. The van der Waals surface area contributed by atoms with Gasteiger partial charge in [0, 0.05) is 11.6 Å². The molecule has 2 aliphatic rings. The Morgan fingerprint density at radius 2 is 2.17 bits per heavy atom. The fraction of sp³-hybridized carbons (Fsp3) is 0.500. The standard InChI is InChI=1S/C14H15BrFNO/c15-11-4-3-10(7-12(11)16)14(18)17-13-6-8-1-2-9(13)5-8/h3-4,7-9,13H,1-2,5-6H2,(H,17,18). The highest BCUT2D eigenvalue weighted by atomic mass is 79.9. The zero-order valence-corrected chi connectivity index (χ0v) is 11.5. The Kier molecular flexibility index (Phi) is 3.14. The molecule has 3 rings (SSSR count). The topological polar surface area (TPSA) is 29.1 Å². The van der Waals surface area contributed by atoms with Crippen LogP contribution in [0.5, 0.6) is 0 Å². The Labute approximate surface area is 114 Å². The largest absolute Gasteiger partial charge is 0.349 e. The number of amides is 1. The molecule has 0 spiro atoms. The number of benzene rings is 1. The van der Waals surface area contributed by atoms with E-state index in [-0.39, 0.29) is 5.91 Å². The van der Waals surface area contributed by atoms with E-state index in [4.69, 9.17) is 0 Å². The van der Waals surface area contributed by atoms with Crippen molar-refractivity contribution in [2.45, 2.75) is 31.7 Å². The Balaban J connectivity index is 1.69. The minimum atomic E-state index is -0.393. The maximum Gasteiger partial charge on any atom is 0.251 e. The van der Waals surface area contributed by atoms with Crippen molar-refractivity contribution in [2.24, 2.45) is 11.8 Å². The summed E-state index contributed by atoms with van der Waals surface area (Å²) in [6, 6.07) is 4.80. The van der Waals surface area contributed by atoms with Gasteiger partial charge >= 0.3 is 0 Å². The van der Waals surface area contributed by atoms with Gasteiger partial charge in [0.2, 0.25) is 0 Å². The highest BCUT2D eigenvalue weighted by Gasteiger charge is 2.40. The van der Waals surface area contributed by atoms with Crippen LogP contribution in [0.3, 0.4) is 0 Å². The average Bonchev–Trinajstić information content (AvgIpc) is 2.94. The van der Waals surface area contributed by atoms with Crippen LogP contribution in [-0.4, -0.2) is 11.9 Å². The molecular formula is C14H15BrFNO. The average molecular weight is 312 g/mol. The normalized spacial score (nSPS) is 29.6. The summed E-state index contributed by atoms with van der Waals surface area (Å²) in [5.41, 5.74) is 0.401. The van der Waals surface area contributed by atoms with Gasteiger partial charge in [0.25, 0.3) is 5.91 Å². The van der Waals surface area contributed by atoms with Crippen molar-refractivity contribution in [1.29, 1.82) is 0 Å². The van der Waals surface area contributed by atoms with Crippen LogP contribution in [0.4, 0.5) is 4.39 Å². The first-order valence-corrected chi connectivity index (χ1v) is 7.18. The summed E-state index contributed by atoms with van der Waals surface area (Å²) in [6.07, 6.45) is 4.88. The van der Waals surface area contributed by atoms with Gasteiger partial charge in [0.05, 0.1) is 4.47 Å². The van der Waals surface area contributed by atoms with Gasteiger partial charge < -0.3 is 5.32 Å². The second kappa shape index (κ2) is 4.65.